The van der Waals surface area contributed by atoms with E-state index in [2.05, 4.69) is 39.6 Å². The van der Waals surface area contributed by atoms with E-state index in [1.54, 1.807) is 23.6 Å². The van der Waals surface area contributed by atoms with Crippen LogP contribution in [0.15, 0.2) is 40.3 Å². The van der Waals surface area contributed by atoms with Gasteiger partial charge in [-0.25, -0.2) is 9.97 Å². The molecule has 0 atom stereocenters. The van der Waals surface area contributed by atoms with Gasteiger partial charge in [0.2, 0.25) is 0 Å². The van der Waals surface area contributed by atoms with Crippen molar-refractivity contribution >= 4 is 22.2 Å². The number of piperidine rings is 1. The molecule has 0 aromatic carbocycles. The van der Waals surface area contributed by atoms with Crippen LogP contribution in [-0.4, -0.2) is 28.0 Å². The Hall–Kier alpha value is -2.69. The van der Waals surface area contributed by atoms with Crippen molar-refractivity contribution < 1.29 is 4.42 Å². The summed E-state index contributed by atoms with van der Waals surface area (Å²) in [4.78, 5) is 11.3. The quantitative estimate of drug-likeness (QED) is 0.588. The van der Waals surface area contributed by atoms with E-state index in [0.717, 1.165) is 67.7 Å². The molecule has 0 unspecified atom stereocenters. The molecule has 4 rings (SSSR count). The lowest BCUT2D eigenvalue weighted by atomic mass is 9.94. The third kappa shape index (κ3) is 5.03. The lowest BCUT2D eigenvalue weighted by molar-refractivity contribution is 0.188. The van der Waals surface area contributed by atoms with Gasteiger partial charge in [0.25, 0.3) is 0 Å². The third-order valence-electron chi connectivity index (χ3n) is 5.25. The van der Waals surface area contributed by atoms with Crippen molar-refractivity contribution in [3.05, 3.63) is 58.8 Å². The van der Waals surface area contributed by atoms with E-state index < -0.39 is 0 Å². The van der Waals surface area contributed by atoms with Crippen LogP contribution < -0.4 is 5.32 Å². The van der Waals surface area contributed by atoms with Crippen LogP contribution in [0.3, 0.4) is 0 Å². The molecule has 1 saturated heterocycles. The predicted molar refractivity (Wildman–Crippen MR) is 114 cm³/mol. The SMILES string of the molecule is CCCc1ccc(CN2CCC(c3csc(Nc4ccc(C#N)nc4)n3)CC2)o1. The Bertz CT molecular complexity index is 964. The number of nitriles is 1. The van der Waals surface area contributed by atoms with E-state index in [-0.39, 0.29) is 0 Å². The second-order valence-electron chi connectivity index (χ2n) is 7.41. The summed E-state index contributed by atoms with van der Waals surface area (Å²) >= 11 is 1.62. The first-order chi connectivity index (χ1) is 14.2. The molecule has 0 aliphatic carbocycles. The number of pyridine rings is 1. The lowest BCUT2D eigenvalue weighted by Crippen LogP contribution is -2.32. The van der Waals surface area contributed by atoms with Crippen LogP contribution in [-0.2, 0) is 13.0 Å². The normalized spacial score (nSPS) is 15.3. The van der Waals surface area contributed by atoms with Gasteiger partial charge in [-0.3, -0.25) is 4.90 Å². The van der Waals surface area contributed by atoms with E-state index >= 15 is 0 Å². The van der Waals surface area contributed by atoms with Gasteiger partial charge < -0.3 is 9.73 Å². The lowest BCUT2D eigenvalue weighted by Gasteiger charge is -2.30. The maximum atomic E-state index is 8.84. The molecule has 3 aromatic heterocycles. The summed E-state index contributed by atoms with van der Waals surface area (Å²) in [5.74, 6) is 2.67. The van der Waals surface area contributed by atoms with Gasteiger partial charge in [0, 0.05) is 17.7 Å². The second-order valence-corrected chi connectivity index (χ2v) is 8.27. The number of aromatic nitrogens is 2. The van der Waals surface area contributed by atoms with Gasteiger partial charge in [-0.2, -0.15) is 5.26 Å². The van der Waals surface area contributed by atoms with E-state index in [1.165, 1.54) is 5.69 Å². The first-order valence-electron chi connectivity index (χ1n) is 10.1. The number of hydrogen-bond acceptors (Lipinski definition) is 7. The zero-order valence-corrected chi connectivity index (χ0v) is 17.4. The highest BCUT2D eigenvalue weighted by Crippen LogP contribution is 2.32. The van der Waals surface area contributed by atoms with Crippen LogP contribution in [0.4, 0.5) is 10.8 Å². The molecule has 1 aliphatic rings. The minimum Gasteiger partial charge on any atom is -0.465 e. The van der Waals surface area contributed by atoms with E-state index in [9.17, 15) is 0 Å². The minimum atomic E-state index is 0.415. The topological polar surface area (TPSA) is 78.0 Å². The Morgan fingerprint density at radius 3 is 2.79 bits per heavy atom. The number of hydrogen-bond donors (Lipinski definition) is 1. The van der Waals surface area contributed by atoms with Crippen LogP contribution in [0.25, 0.3) is 0 Å². The fourth-order valence-electron chi connectivity index (χ4n) is 3.68. The van der Waals surface area contributed by atoms with Crippen molar-refractivity contribution in [3.63, 3.8) is 0 Å². The predicted octanol–water partition coefficient (Wildman–Crippen LogP) is 5.08. The average Bonchev–Trinajstić information content (AvgIpc) is 3.39. The van der Waals surface area contributed by atoms with Gasteiger partial charge in [0.1, 0.15) is 23.3 Å². The van der Waals surface area contributed by atoms with Crippen molar-refractivity contribution in [2.24, 2.45) is 0 Å². The highest BCUT2D eigenvalue weighted by molar-refractivity contribution is 7.13. The molecule has 4 heterocycles. The highest BCUT2D eigenvalue weighted by Gasteiger charge is 2.23. The highest BCUT2D eigenvalue weighted by atomic mass is 32.1. The van der Waals surface area contributed by atoms with E-state index in [4.69, 9.17) is 14.7 Å². The fraction of sp³-hybridized carbons (Fsp3) is 0.409. The molecule has 6 nitrogen and oxygen atoms in total. The van der Waals surface area contributed by atoms with Gasteiger partial charge in [-0.1, -0.05) is 6.92 Å². The monoisotopic (exact) mass is 407 g/mol. The molecule has 1 aliphatic heterocycles. The summed E-state index contributed by atoms with van der Waals surface area (Å²) < 4.78 is 5.93. The number of nitrogens with zero attached hydrogens (tertiary/aromatic N) is 4. The van der Waals surface area contributed by atoms with Gasteiger partial charge in [-0.15, -0.1) is 11.3 Å². The Labute approximate surface area is 175 Å². The number of rotatable bonds is 7. The Balaban J connectivity index is 1.29. The molecule has 7 heteroatoms. The van der Waals surface area contributed by atoms with E-state index in [0.29, 0.717) is 11.6 Å². The molecule has 0 bridgehead atoms. The van der Waals surface area contributed by atoms with Crippen LogP contribution in [0.5, 0.6) is 0 Å². The van der Waals surface area contributed by atoms with Gasteiger partial charge in [0.05, 0.1) is 24.1 Å². The summed E-state index contributed by atoms with van der Waals surface area (Å²) in [6.45, 7) is 5.20. The Kier molecular flexibility index (Phi) is 6.23. The summed E-state index contributed by atoms with van der Waals surface area (Å²) in [7, 11) is 0. The molecule has 0 saturated carbocycles. The van der Waals surface area contributed by atoms with E-state index in [1.807, 2.05) is 12.1 Å². The average molecular weight is 408 g/mol. The van der Waals surface area contributed by atoms with Gasteiger partial charge in [-0.05, 0) is 56.6 Å². The number of aryl methyl sites for hydroxylation is 1. The zero-order chi connectivity index (χ0) is 20.1. The Morgan fingerprint density at radius 2 is 2.07 bits per heavy atom. The smallest absolute Gasteiger partial charge is 0.187 e. The number of thiazole rings is 1. The molecule has 0 radical (unpaired) electrons. The van der Waals surface area contributed by atoms with Crippen molar-refractivity contribution in [2.75, 3.05) is 18.4 Å². The molecule has 3 aromatic rings. The first-order valence-corrected chi connectivity index (χ1v) is 11.0. The van der Waals surface area contributed by atoms with Crippen molar-refractivity contribution in [1.82, 2.24) is 14.9 Å². The molecule has 29 heavy (non-hydrogen) atoms. The third-order valence-corrected chi connectivity index (χ3v) is 6.03. The summed E-state index contributed by atoms with van der Waals surface area (Å²) in [5.41, 5.74) is 2.43. The Morgan fingerprint density at radius 1 is 1.24 bits per heavy atom. The number of nitrogens with one attached hydrogen (secondary N) is 1. The molecule has 1 N–H and O–H groups in total. The van der Waals surface area contributed by atoms with Gasteiger partial charge in [0.15, 0.2) is 5.13 Å². The largest absolute Gasteiger partial charge is 0.465 e. The maximum absolute atomic E-state index is 8.84. The summed E-state index contributed by atoms with van der Waals surface area (Å²) in [6.07, 6.45) is 6.03. The second kappa shape index (κ2) is 9.21. The van der Waals surface area contributed by atoms with Crippen LogP contribution in [0, 0.1) is 11.3 Å². The minimum absolute atomic E-state index is 0.415. The molecule has 1 fully saturated rings. The molecular formula is C22H25N5OS. The summed E-state index contributed by atoms with van der Waals surface area (Å²) in [6, 6.07) is 9.82. The molecule has 0 amide bonds. The zero-order valence-electron chi connectivity index (χ0n) is 16.6. The van der Waals surface area contributed by atoms with Crippen LogP contribution >= 0.6 is 11.3 Å². The molecule has 150 valence electrons. The number of likely N-dealkylation sites (tertiary alicyclic amines) is 1. The van der Waals surface area contributed by atoms with Crippen LogP contribution in [0.1, 0.15) is 55.0 Å². The number of furan rings is 1. The summed E-state index contributed by atoms with van der Waals surface area (Å²) in [5, 5.41) is 15.1. The van der Waals surface area contributed by atoms with Gasteiger partial charge >= 0.3 is 0 Å². The maximum Gasteiger partial charge on any atom is 0.187 e. The van der Waals surface area contributed by atoms with Crippen molar-refractivity contribution in [2.45, 2.75) is 45.1 Å². The standard InChI is InChI=1S/C22H25N5OS/c1-2-3-19-6-7-20(28-19)14-27-10-8-16(9-11-27)21-15-29-22(26-21)25-18-5-4-17(12-23)24-13-18/h4-7,13,15-16H,2-3,8-11,14H2,1H3,(H,25,26). The van der Waals surface area contributed by atoms with Crippen molar-refractivity contribution in [1.29, 1.82) is 5.26 Å². The fourth-order valence-corrected chi connectivity index (χ4v) is 4.50. The first kappa shape index (κ1) is 19.6. The van der Waals surface area contributed by atoms with Crippen molar-refractivity contribution in [3.8, 4) is 6.07 Å². The molecule has 0 spiro atoms. The van der Waals surface area contributed by atoms with Crippen LogP contribution in [0.2, 0.25) is 0 Å². The molecular weight excluding hydrogens is 382 g/mol. The number of anilines is 2.